The third-order valence-electron chi connectivity index (χ3n) is 3.93. The fourth-order valence-corrected chi connectivity index (χ4v) is 2.90. The smallest absolute Gasteiger partial charge is 0.220 e. The molecule has 0 unspecified atom stereocenters. The SMILES string of the molecule is O=C(CCc1cccc(Cl)c1)NCC1(O)CCCCC1. The number of amides is 1. The van der Waals surface area contributed by atoms with Crippen molar-refractivity contribution in [2.75, 3.05) is 6.54 Å². The van der Waals surface area contributed by atoms with Gasteiger partial charge in [0.25, 0.3) is 0 Å². The maximum absolute atomic E-state index is 11.8. The van der Waals surface area contributed by atoms with E-state index < -0.39 is 5.60 Å². The fraction of sp³-hybridized carbons (Fsp3) is 0.562. The Bertz CT molecular complexity index is 456. The van der Waals surface area contributed by atoms with E-state index in [9.17, 15) is 9.90 Å². The van der Waals surface area contributed by atoms with Crippen molar-refractivity contribution in [3.05, 3.63) is 34.9 Å². The van der Waals surface area contributed by atoms with E-state index in [0.717, 1.165) is 31.2 Å². The maximum atomic E-state index is 11.8. The van der Waals surface area contributed by atoms with E-state index in [-0.39, 0.29) is 5.91 Å². The molecule has 2 N–H and O–H groups in total. The van der Waals surface area contributed by atoms with E-state index in [1.54, 1.807) is 0 Å². The van der Waals surface area contributed by atoms with Crippen molar-refractivity contribution in [3.8, 4) is 0 Å². The van der Waals surface area contributed by atoms with E-state index in [0.29, 0.717) is 24.4 Å². The summed E-state index contributed by atoms with van der Waals surface area (Å²) in [6, 6.07) is 7.56. The summed E-state index contributed by atoms with van der Waals surface area (Å²) in [6.07, 6.45) is 5.97. The first-order chi connectivity index (χ1) is 9.57. The first kappa shape index (κ1) is 15.3. The van der Waals surface area contributed by atoms with E-state index in [2.05, 4.69) is 5.32 Å². The summed E-state index contributed by atoms with van der Waals surface area (Å²) in [4.78, 5) is 11.8. The van der Waals surface area contributed by atoms with E-state index >= 15 is 0 Å². The summed E-state index contributed by atoms with van der Waals surface area (Å²) < 4.78 is 0. The van der Waals surface area contributed by atoms with Gasteiger partial charge in [0, 0.05) is 18.0 Å². The predicted octanol–water partition coefficient (Wildman–Crippen LogP) is 3.08. The van der Waals surface area contributed by atoms with Gasteiger partial charge in [0.2, 0.25) is 5.91 Å². The van der Waals surface area contributed by atoms with Crippen LogP contribution in [0.15, 0.2) is 24.3 Å². The van der Waals surface area contributed by atoms with Crippen LogP contribution in [0, 0.1) is 0 Å². The van der Waals surface area contributed by atoms with Gasteiger partial charge in [0.05, 0.1) is 5.60 Å². The zero-order valence-corrected chi connectivity index (χ0v) is 12.5. The third-order valence-corrected chi connectivity index (χ3v) is 4.16. The number of rotatable bonds is 5. The number of hydrogen-bond acceptors (Lipinski definition) is 2. The lowest BCUT2D eigenvalue weighted by Crippen LogP contribution is -2.44. The van der Waals surface area contributed by atoms with Crippen LogP contribution >= 0.6 is 11.6 Å². The molecule has 0 heterocycles. The van der Waals surface area contributed by atoms with Crippen molar-refractivity contribution in [1.29, 1.82) is 0 Å². The van der Waals surface area contributed by atoms with Gasteiger partial charge in [-0.3, -0.25) is 4.79 Å². The molecule has 4 heteroatoms. The van der Waals surface area contributed by atoms with Gasteiger partial charge in [-0.05, 0) is 37.0 Å². The zero-order chi connectivity index (χ0) is 14.4. The van der Waals surface area contributed by atoms with Gasteiger partial charge in [0.1, 0.15) is 0 Å². The third kappa shape index (κ3) is 4.80. The van der Waals surface area contributed by atoms with Crippen LogP contribution in [0.1, 0.15) is 44.1 Å². The van der Waals surface area contributed by atoms with Gasteiger partial charge >= 0.3 is 0 Å². The molecule has 1 amide bonds. The fourth-order valence-electron chi connectivity index (χ4n) is 2.69. The molecule has 0 spiro atoms. The molecule has 1 aromatic carbocycles. The molecule has 1 aliphatic carbocycles. The molecule has 0 atom stereocenters. The summed E-state index contributed by atoms with van der Waals surface area (Å²) in [7, 11) is 0. The standard InChI is InChI=1S/C16H22ClNO2/c17-14-6-4-5-13(11-14)7-8-15(19)18-12-16(20)9-2-1-3-10-16/h4-6,11,20H,1-3,7-10,12H2,(H,18,19). The Morgan fingerprint density at radius 2 is 2.05 bits per heavy atom. The molecule has 1 aliphatic rings. The maximum Gasteiger partial charge on any atom is 0.220 e. The topological polar surface area (TPSA) is 49.3 Å². The van der Waals surface area contributed by atoms with Crippen molar-refractivity contribution in [3.63, 3.8) is 0 Å². The molecule has 2 rings (SSSR count). The van der Waals surface area contributed by atoms with E-state index in [4.69, 9.17) is 11.6 Å². The van der Waals surface area contributed by atoms with Crippen LogP contribution < -0.4 is 5.32 Å². The minimum Gasteiger partial charge on any atom is -0.388 e. The zero-order valence-electron chi connectivity index (χ0n) is 11.7. The summed E-state index contributed by atoms with van der Waals surface area (Å²) >= 11 is 5.91. The van der Waals surface area contributed by atoms with Gasteiger partial charge in [-0.25, -0.2) is 0 Å². The first-order valence-corrected chi connectivity index (χ1v) is 7.69. The molecule has 110 valence electrons. The molecular weight excluding hydrogens is 274 g/mol. The number of aliphatic hydroxyl groups is 1. The Hall–Kier alpha value is -1.06. The number of aryl methyl sites for hydroxylation is 1. The van der Waals surface area contributed by atoms with Crippen LogP contribution in [0.2, 0.25) is 5.02 Å². The number of halogens is 1. The minimum absolute atomic E-state index is 0.0102. The lowest BCUT2D eigenvalue weighted by atomic mass is 9.85. The highest BCUT2D eigenvalue weighted by Crippen LogP contribution is 2.27. The van der Waals surface area contributed by atoms with Gasteiger partial charge < -0.3 is 10.4 Å². The Balaban J connectivity index is 1.72. The molecule has 1 fully saturated rings. The summed E-state index contributed by atoms with van der Waals surface area (Å²) in [5.41, 5.74) is 0.369. The highest BCUT2D eigenvalue weighted by molar-refractivity contribution is 6.30. The lowest BCUT2D eigenvalue weighted by molar-refractivity contribution is -0.122. The average molecular weight is 296 g/mol. The molecule has 1 saturated carbocycles. The van der Waals surface area contributed by atoms with Crippen LogP contribution in [0.4, 0.5) is 0 Å². The summed E-state index contributed by atoms with van der Waals surface area (Å²) in [5, 5.41) is 13.9. The molecule has 0 aliphatic heterocycles. The van der Waals surface area contributed by atoms with Gasteiger partial charge in [0.15, 0.2) is 0 Å². The molecule has 3 nitrogen and oxygen atoms in total. The number of carbonyl (C=O) groups is 1. The van der Waals surface area contributed by atoms with Crippen molar-refractivity contribution in [1.82, 2.24) is 5.32 Å². The Morgan fingerprint density at radius 3 is 2.75 bits per heavy atom. The largest absolute Gasteiger partial charge is 0.388 e. The summed E-state index contributed by atoms with van der Waals surface area (Å²) in [6.45, 7) is 0.376. The van der Waals surface area contributed by atoms with Gasteiger partial charge in [-0.2, -0.15) is 0 Å². The molecule has 0 bridgehead atoms. The highest BCUT2D eigenvalue weighted by atomic mass is 35.5. The van der Waals surface area contributed by atoms with Crippen LogP contribution in [0.25, 0.3) is 0 Å². The van der Waals surface area contributed by atoms with Crippen LogP contribution in [-0.2, 0) is 11.2 Å². The number of nitrogens with one attached hydrogen (secondary N) is 1. The quantitative estimate of drug-likeness (QED) is 0.877. The molecule has 0 saturated heterocycles. The molecule has 0 aromatic heterocycles. The van der Waals surface area contributed by atoms with Crippen molar-refractivity contribution in [2.45, 2.75) is 50.5 Å². The molecule has 20 heavy (non-hydrogen) atoms. The minimum atomic E-state index is -0.691. The first-order valence-electron chi connectivity index (χ1n) is 7.31. The second kappa shape index (κ2) is 7.09. The Morgan fingerprint density at radius 1 is 1.30 bits per heavy atom. The van der Waals surface area contributed by atoms with E-state index in [1.807, 2.05) is 24.3 Å². The number of hydrogen-bond donors (Lipinski definition) is 2. The lowest BCUT2D eigenvalue weighted by Gasteiger charge is -2.32. The Labute approximate surface area is 125 Å². The van der Waals surface area contributed by atoms with Crippen molar-refractivity contribution >= 4 is 17.5 Å². The second-order valence-corrected chi connectivity index (χ2v) is 6.13. The van der Waals surface area contributed by atoms with Crippen molar-refractivity contribution in [2.24, 2.45) is 0 Å². The molecule has 1 aromatic rings. The van der Waals surface area contributed by atoms with Gasteiger partial charge in [-0.15, -0.1) is 0 Å². The second-order valence-electron chi connectivity index (χ2n) is 5.69. The number of carbonyl (C=O) groups excluding carboxylic acids is 1. The normalized spacial score (nSPS) is 17.7. The van der Waals surface area contributed by atoms with Crippen molar-refractivity contribution < 1.29 is 9.90 Å². The Kier molecular flexibility index (Phi) is 5.44. The molecular formula is C16H22ClNO2. The van der Waals surface area contributed by atoms with Crippen LogP contribution in [0.5, 0.6) is 0 Å². The highest BCUT2D eigenvalue weighted by Gasteiger charge is 2.29. The van der Waals surface area contributed by atoms with Crippen LogP contribution in [0.3, 0.4) is 0 Å². The summed E-state index contributed by atoms with van der Waals surface area (Å²) in [5.74, 6) is -0.0102. The molecule has 0 radical (unpaired) electrons. The predicted molar refractivity (Wildman–Crippen MR) is 80.8 cm³/mol. The average Bonchev–Trinajstić information content (AvgIpc) is 2.44. The van der Waals surface area contributed by atoms with Crippen LogP contribution in [-0.4, -0.2) is 23.2 Å². The monoisotopic (exact) mass is 295 g/mol. The number of benzene rings is 1. The van der Waals surface area contributed by atoms with E-state index in [1.165, 1.54) is 6.42 Å². The van der Waals surface area contributed by atoms with Gasteiger partial charge in [-0.1, -0.05) is 43.0 Å².